The molecule has 0 saturated carbocycles. The van der Waals surface area contributed by atoms with Gasteiger partial charge in [-0.05, 0) is 60.6 Å². The van der Waals surface area contributed by atoms with Crippen LogP contribution in [-0.4, -0.2) is 0 Å². The van der Waals surface area contributed by atoms with Crippen LogP contribution in [0, 0.1) is 24.3 Å². The molecule has 0 bridgehead atoms. The van der Waals surface area contributed by atoms with Gasteiger partial charge in [-0.2, -0.15) is 0 Å². The third-order valence-electron chi connectivity index (χ3n) is 2.65. The minimum absolute atomic E-state index is 1.31. The van der Waals surface area contributed by atoms with Crippen LogP contribution in [-0.2, 0) is 0 Å². The van der Waals surface area contributed by atoms with Crippen LogP contribution in [0.4, 0.5) is 0 Å². The molecule has 0 fully saturated rings. The van der Waals surface area contributed by atoms with E-state index in [9.17, 15) is 0 Å². The minimum atomic E-state index is 1.31. The highest BCUT2D eigenvalue weighted by Gasteiger charge is 2.04. The number of hydrogen-bond donors (Lipinski definition) is 0. The maximum Gasteiger partial charge on any atom is 0.0208 e. The molecule has 0 heterocycles. The topological polar surface area (TPSA) is 0 Å². The van der Waals surface area contributed by atoms with Crippen molar-refractivity contribution in [1.82, 2.24) is 0 Å². The summed E-state index contributed by atoms with van der Waals surface area (Å²) in [6.07, 6.45) is 0. The first kappa shape index (κ1) is 11.6. The molecule has 0 aromatic heterocycles. The first-order valence-corrected chi connectivity index (χ1v) is 6.49. The van der Waals surface area contributed by atoms with Crippen LogP contribution >= 0.6 is 22.6 Å². The van der Waals surface area contributed by atoms with Gasteiger partial charge in [-0.15, -0.1) is 0 Å². The molecule has 0 saturated heterocycles. The van der Waals surface area contributed by atoms with E-state index in [0.717, 1.165) is 0 Å². The van der Waals surface area contributed by atoms with E-state index in [0.29, 0.717) is 0 Å². The lowest BCUT2D eigenvalue weighted by molar-refractivity contribution is 1.37. The molecule has 0 amide bonds. The first-order valence-electron chi connectivity index (χ1n) is 5.41. The third-order valence-corrected chi connectivity index (χ3v) is 3.60. The summed E-state index contributed by atoms with van der Waals surface area (Å²) in [7, 11) is 0. The van der Waals surface area contributed by atoms with Gasteiger partial charge in [0.05, 0.1) is 0 Å². The van der Waals surface area contributed by atoms with E-state index in [1.165, 1.54) is 31.4 Å². The summed E-state index contributed by atoms with van der Waals surface area (Å²) in [5.74, 6) is 0. The van der Waals surface area contributed by atoms with Gasteiger partial charge in [-0.3, -0.25) is 0 Å². The number of halogens is 1. The predicted octanol–water partition coefficient (Wildman–Crippen LogP) is 4.88. The first-order chi connectivity index (χ1) is 7.56. The van der Waals surface area contributed by atoms with Crippen LogP contribution < -0.4 is 0 Å². The molecule has 1 heteroatoms. The minimum Gasteiger partial charge on any atom is -0.0582 e. The Morgan fingerprint density at radius 1 is 0.750 bits per heavy atom. The van der Waals surface area contributed by atoms with Gasteiger partial charge in [0, 0.05) is 3.57 Å². The molecule has 16 heavy (non-hydrogen) atoms. The second-order valence-corrected chi connectivity index (χ2v) is 5.52. The van der Waals surface area contributed by atoms with Crippen molar-refractivity contribution in [3.05, 3.63) is 56.7 Å². The number of rotatable bonds is 1. The molecule has 82 valence electrons. The fourth-order valence-corrected chi connectivity index (χ4v) is 2.64. The summed E-state index contributed by atoms with van der Waals surface area (Å²) < 4.78 is 1.31. The van der Waals surface area contributed by atoms with Gasteiger partial charge in [0.15, 0.2) is 0 Å². The van der Waals surface area contributed by atoms with Crippen molar-refractivity contribution in [2.75, 3.05) is 0 Å². The summed E-state index contributed by atoms with van der Waals surface area (Å²) in [4.78, 5) is 0. The van der Waals surface area contributed by atoms with Gasteiger partial charge < -0.3 is 0 Å². The highest BCUT2D eigenvalue weighted by atomic mass is 127. The maximum atomic E-state index is 2.40. The predicted molar refractivity (Wildman–Crippen MR) is 78.8 cm³/mol. The van der Waals surface area contributed by atoms with Crippen molar-refractivity contribution in [3.63, 3.8) is 0 Å². The largest absolute Gasteiger partial charge is 0.0582 e. The Morgan fingerprint density at radius 2 is 1.38 bits per heavy atom. The maximum absolute atomic E-state index is 2.40. The molecule has 0 spiro atoms. The number of aryl methyl sites for hydroxylation is 3. The van der Waals surface area contributed by atoms with Crippen LogP contribution in [0.15, 0.2) is 36.4 Å². The van der Waals surface area contributed by atoms with Gasteiger partial charge in [-0.25, -0.2) is 0 Å². The van der Waals surface area contributed by atoms with E-state index in [4.69, 9.17) is 0 Å². The van der Waals surface area contributed by atoms with Crippen molar-refractivity contribution < 1.29 is 0 Å². The van der Waals surface area contributed by atoms with Crippen LogP contribution in [0.25, 0.3) is 11.1 Å². The Morgan fingerprint density at radius 3 is 2.00 bits per heavy atom. The molecular weight excluding hydrogens is 307 g/mol. The average molecular weight is 322 g/mol. The van der Waals surface area contributed by atoms with Crippen LogP contribution in [0.1, 0.15) is 16.7 Å². The molecule has 0 nitrogen and oxygen atoms in total. The van der Waals surface area contributed by atoms with Gasteiger partial charge in [0.1, 0.15) is 0 Å². The standard InChI is InChI=1S/C15H15I/c1-10-4-5-15(16)14(9-10)13-7-11(2)6-12(3)8-13/h4-9H,1-3H3. The molecular formula is C15H15I. The normalized spacial score (nSPS) is 10.5. The van der Waals surface area contributed by atoms with E-state index in [2.05, 4.69) is 79.8 Å². The van der Waals surface area contributed by atoms with Gasteiger partial charge in [0.25, 0.3) is 0 Å². The summed E-state index contributed by atoms with van der Waals surface area (Å²) in [6.45, 7) is 6.44. The highest BCUT2D eigenvalue weighted by molar-refractivity contribution is 14.1. The van der Waals surface area contributed by atoms with E-state index in [-0.39, 0.29) is 0 Å². The molecule has 0 unspecified atom stereocenters. The molecule has 0 atom stereocenters. The van der Waals surface area contributed by atoms with Crippen molar-refractivity contribution in [3.8, 4) is 11.1 Å². The Hall–Kier alpha value is -0.830. The second-order valence-electron chi connectivity index (χ2n) is 4.36. The smallest absolute Gasteiger partial charge is 0.0208 e. The molecule has 0 aliphatic carbocycles. The van der Waals surface area contributed by atoms with E-state index in [1.807, 2.05) is 0 Å². The number of hydrogen-bond acceptors (Lipinski definition) is 0. The van der Waals surface area contributed by atoms with Crippen molar-refractivity contribution in [2.45, 2.75) is 20.8 Å². The monoisotopic (exact) mass is 322 g/mol. The lowest BCUT2D eigenvalue weighted by Crippen LogP contribution is -1.87. The third kappa shape index (κ3) is 2.46. The Kier molecular flexibility index (Phi) is 3.33. The van der Waals surface area contributed by atoms with Crippen LogP contribution in [0.2, 0.25) is 0 Å². The van der Waals surface area contributed by atoms with Crippen molar-refractivity contribution >= 4 is 22.6 Å². The molecule has 2 aromatic rings. The van der Waals surface area contributed by atoms with Crippen LogP contribution in [0.5, 0.6) is 0 Å². The van der Waals surface area contributed by atoms with E-state index < -0.39 is 0 Å². The lowest BCUT2D eigenvalue weighted by atomic mass is 9.99. The molecule has 2 rings (SSSR count). The molecule has 0 aliphatic rings. The summed E-state index contributed by atoms with van der Waals surface area (Å²) in [6, 6.07) is 13.3. The zero-order valence-corrected chi connectivity index (χ0v) is 12.0. The zero-order valence-electron chi connectivity index (χ0n) is 9.84. The van der Waals surface area contributed by atoms with Crippen LogP contribution in [0.3, 0.4) is 0 Å². The van der Waals surface area contributed by atoms with Crippen molar-refractivity contribution in [2.24, 2.45) is 0 Å². The second kappa shape index (κ2) is 4.58. The van der Waals surface area contributed by atoms with E-state index >= 15 is 0 Å². The summed E-state index contributed by atoms with van der Waals surface area (Å²) in [5.41, 5.74) is 6.63. The Labute approximate surface area is 111 Å². The molecule has 2 aromatic carbocycles. The zero-order chi connectivity index (χ0) is 11.7. The van der Waals surface area contributed by atoms with Crippen molar-refractivity contribution in [1.29, 1.82) is 0 Å². The van der Waals surface area contributed by atoms with Gasteiger partial charge in [0.2, 0.25) is 0 Å². The quantitative estimate of drug-likeness (QED) is 0.656. The Balaban J connectivity index is 2.62. The molecule has 0 radical (unpaired) electrons. The summed E-state index contributed by atoms with van der Waals surface area (Å²) in [5, 5.41) is 0. The molecule has 0 N–H and O–H groups in total. The fraction of sp³-hybridized carbons (Fsp3) is 0.200. The van der Waals surface area contributed by atoms with Gasteiger partial charge >= 0.3 is 0 Å². The average Bonchev–Trinajstić information content (AvgIpc) is 2.20. The lowest BCUT2D eigenvalue weighted by Gasteiger charge is -2.08. The summed E-state index contributed by atoms with van der Waals surface area (Å²) >= 11 is 2.40. The Bertz CT molecular complexity index is 507. The SMILES string of the molecule is Cc1cc(C)cc(-c2cc(C)ccc2I)c1. The van der Waals surface area contributed by atoms with Gasteiger partial charge in [-0.1, -0.05) is 47.0 Å². The number of benzene rings is 2. The molecule has 0 aliphatic heterocycles. The highest BCUT2D eigenvalue weighted by Crippen LogP contribution is 2.27. The fourth-order valence-electron chi connectivity index (χ4n) is 1.99. The van der Waals surface area contributed by atoms with E-state index in [1.54, 1.807) is 0 Å².